The van der Waals surface area contributed by atoms with Crippen LogP contribution in [0.5, 0.6) is 0 Å². The second-order valence-electron chi connectivity index (χ2n) is 10.2. The van der Waals surface area contributed by atoms with Crippen LogP contribution >= 0.6 is 0 Å². The molecule has 1 saturated carbocycles. The van der Waals surface area contributed by atoms with Crippen LogP contribution in [0.4, 0.5) is 9.18 Å². The highest BCUT2D eigenvalue weighted by Gasteiger charge is 2.28. The third-order valence-corrected chi connectivity index (χ3v) is 5.92. The molecule has 0 heterocycles. The first kappa shape index (κ1) is 25.7. The van der Waals surface area contributed by atoms with Crippen LogP contribution in [0.2, 0.25) is 0 Å². The third-order valence-electron chi connectivity index (χ3n) is 5.92. The van der Waals surface area contributed by atoms with Crippen molar-refractivity contribution in [3.8, 4) is 11.1 Å². The molecular formula is C28H36FNO4. The molecule has 6 heteroatoms. The van der Waals surface area contributed by atoms with Gasteiger partial charge in [0.2, 0.25) is 0 Å². The standard InChI is InChI=1S/C28H36FNO4/c1-8-33-24(31)15-23(30-27(32)34-28(5,6)7)22-14-21(13-18(4)26(22)29)25-16(2)11-20(12-17(25)3)19-9-10-19/h11-14,19,23H,8-10,15H2,1-7H3,(H,30,32)/t23-/m0/s1. The van der Waals surface area contributed by atoms with Crippen LogP contribution < -0.4 is 5.32 Å². The van der Waals surface area contributed by atoms with Gasteiger partial charge in [0.05, 0.1) is 19.1 Å². The molecule has 0 radical (unpaired) electrons. The molecule has 0 aromatic heterocycles. The van der Waals surface area contributed by atoms with Gasteiger partial charge in [-0.3, -0.25) is 4.79 Å². The Balaban J connectivity index is 2.04. The Morgan fingerprint density at radius 2 is 1.68 bits per heavy atom. The largest absolute Gasteiger partial charge is 0.466 e. The van der Waals surface area contributed by atoms with Gasteiger partial charge in [0, 0.05) is 5.56 Å². The lowest BCUT2D eigenvalue weighted by Gasteiger charge is -2.25. The van der Waals surface area contributed by atoms with Gasteiger partial charge >= 0.3 is 12.1 Å². The van der Waals surface area contributed by atoms with Gasteiger partial charge < -0.3 is 14.8 Å². The summed E-state index contributed by atoms with van der Waals surface area (Å²) in [5.41, 5.74) is 5.45. The molecule has 2 aromatic carbocycles. The molecular weight excluding hydrogens is 433 g/mol. The molecule has 3 rings (SSSR count). The van der Waals surface area contributed by atoms with Crippen molar-refractivity contribution in [2.45, 2.75) is 85.3 Å². The van der Waals surface area contributed by atoms with Gasteiger partial charge in [-0.15, -0.1) is 0 Å². The summed E-state index contributed by atoms with van der Waals surface area (Å²) < 4.78 is 25.9. The summed E-state index contributed by atoms with van der Waals surface area (Å²) in [7, 11) is 0. The predicted molar refractivity (Wildman–Crippen MR) is 131 cm³/mol. The number of hydrogen-bond acceptors (Lipinski definition) is 4. The van der Waals surface area contributed by atoms with E-state index in [-0.39, 0.29) is 18.6 Å². The number of carbonyl (C=O) groups excluding carboxylic acids is 2. The highest BCUT2D eigenvalue weighted by atomic mass is 19.1. The summed E-state index contributed by atoms with van der Waals surface area (Å²) >= 11 is 0. The molecule has 0 aliphatic heterocycles. The number of rotatable bonds is 7. The molecule has 0 bridgehead atoms. The first-order valence-electron chi connectivity index (χ1n) is 12.0. The first-order chi connectivity index (χ1) is 15.9. The van der Waals surface area contributed by atoms with Crippen molar-refractivity contribution >= 4 is 12.1 Å². The number of nitrogens with one attached hydrogen (secondary N) is 1. The first-order valence-corrected chi connectivity index (χ1v) is 12.0. The van der Waals surface area contributed by atoms with E-state index in [2.05, 4.69) is 31.3 Å². The Morgan fingerprint density at radius 1 is 1.06 bits per heavy atom. The van der Waals surface area contributed by atoms with Crippen LogP contribution in [0.3, 0.4) is 0 Å². The number of benzene rings is 2. The maximum atomic E-state index is 15.4. The van der Waals surface area contributed by atoms with Crippen LogP contribution in [0.15, 0.2) is 24.3 Å². The number of hydrogen-bond donors (Lipinski definition) is 1. The molecule has 0 spiro atoms. The number of alkyl carbamates (subject to hydrolysis) is 1. The molecule has 1 atom stereocenters. The fourth-order valence-electron chi connectivity index (χ4n) is 4.37. The zero-order valence-corrected chi connectivity index (χ0v) is 21.3. The Labute approximate surface area is 202 Å². The minimum absolute atomic E-state index is 0.200. The Bertz CT molecular complexity index is 1060. The van der Waals surface area contributed by atoms with Gasteiger partial charge in [-0.1, -0.05) is 12.1 Å². The Morgan fingerprint density at radius 3 is 2.21 bits per heavy atom. The van der Waals surface area contributed by atoms with Crippen LogP contribution in [0.1, 0.15) is 86.7 Å². The maximum absolute atomic E-state index is 15.4. The van der Waals surface area contributed by atoms with Crippen LogP contribution in [-0.2, 0) is 14.3 Å². The topological polar surface area (TPSA) is 64.6 Å². The van der Waals surface area contributed by atoms with E-state index < -0.39 is 29.5 Å². The SMILES string of the molecule is CCOC(=O)C[C@H](NC(=O)OC(C)(C)C)c1cc(-c2c(C)cc(C3CC3)cc2C)cc(C)c1F. The van der Waals surface area contributed by atoms with Gasteiger partial charge in [0.1, 0.15) is 11.4 Å². The smallest absolute Gasteiger partial charge is 0.408 e. The van der Waals surface area contributed by atoms with Gasteiger partial charge in [-0.25, -0.2) is 9.18 Å². The molecule has 1 amide bonds. The molecule has 184 valence electrons. The lowest BCUT2D eigenvalue weighted by Crippen LogP contribution is -2.36. The number of aryl methyl sites for hydroxylation is 3. The van der Waals surface area contributed by atoms with Crippen molar-refractivity contribution < 1.29 is 23.5 Å². The predicted octanol–water partition coefficient (Wildman–Crippen LogP) is 6.81. The lowest BCUT2D eigenvalue weighted by molar-refractivity contribution is -0.143. The summed E-state index contributed by atoms with van der Waals surface area (Å²) in [6, 6.07) is 7.05. The minimum atomic E-state index is -0.932. The third kappa shape index (κ3) is 6.37. The van der Waals surface area contributed by atoms with E-state index in [1.807, 2.05) is 6.07 Å². The van der Waals surface area contributed by atoms with E-state index in [9.17, 15) is 9.59 Å². The van der Waals surface area contributed by atoms with Crippen molar-refractivity contribution in [3.05, 3.63) is 57.9 Å². The molecule has 0 saturated heterocycles. The number of esters is 1. The van der Waals surface area contributed by atoms with Crippen molar-refractivity contribution in [1.82, 2.24) is 5.32 Å². The van der Waals surface area contributed by atoms with Crippen LogP contribution in [0, 0.1) is 26.6 Å². The maximum Gasteiger partial charge on any atom is 0.408 e. The van der Waals surface area contributed by atoms with Gasteiger partial charge in [0.25, 0.3) is 0 Å². The monoisotopic (exact) mass is 469 g/mol. The summed E-state index contributed by atoms with van der Waals surface area (Å²) in [5, 5.41) is 2.69. The average Bonchev–Trinajstić information content (AvgIpc) is 3.53. The molecule has 34 heavy (non-hydrogen) atoms. The fourth-order valence-corrected chi connectivity index (χ4v) is 4.37. The zero-order chi connectivity index (χ0) is 25.2. The van der Waals surface area contributed by atoms with Gasteiger partial charge in [0.15, 0.2) is 0 Å². The van der Waals surface area contributed by atoms with Gasteiger partial charge in [-0.05, 0) is 113 Å². The van der Waals surface area contributed by atoms with Crippen molar-refractivity contribution in [1.29, 1.82) is 0 Å². The summed E-state index contributed by atoms with van der Waals surface area (Å²) in [5.74, 6) is -0.338. The Kier molecular flexibility index (Phi) is 7.69. The number of amides is 1. The Hall–Kier alpha value is -2.89. The van der Waals surface area contributed by atoms with Crippen molar-refractivity contribution in [2.24, 2.45) is 0 Å². The number of carbonyl (C=O) groups is 2. The highest BCUT2D eigenvalue weighted by Crippen LogP contribution is 2.43. The molecule has 0 unspecified atom stereocenters. The fraction of sp³-hybridized carbons (Fsp3) is 0.500. The quantitative estimate of drug-likeness (QED) is 0.452. The van der Waals surface area contributed by atoms with Crippen molar-refractivity contribution in [3.63, 3.8) is 0 Å². The minimum Gasteiger partial charge on any atom is -0.466 e. The number of halogens is 1. The molecule has 5 nitrogen and oxygen atoms in total. The van der Waals surface area contributed by atoms with Gasteiger partial charge in [-0.2, -0.15) is 0 Å². The number of ether oxygens (including phenoxy) is 2. The van der Waals surface area contributed by atoms with E-state index in [1.165, 1.54) is 18.4 Å². The normalized spacial score (nSPS) is 14.5. The highest BCUT2D eigenvalue weighted by molar-refractivity contribution is 5.76. The van der Waals surface area contributed by atoms with Crippen LogP contribution in [-0.4, -0.2) is 24.3 Å². The van der Waals surface area contributed by atoms with E-state index in [4.69, 9.17) is 9.47 Å². The second kappa shape index (κ2) is 10.2. The summed E-state index contributed by atoms with van der Waals surface area (Å²) in [6.45, 7) is 13.0. The van der Waals surface area contributed by atoms with E-state index in [1.54, 1.807) is 40.7 Å². The van der Waals surface area contributed by atoms with E-state index in [0.717, 1.165) is 22.3 Å². The van der Waals surface area contributed by atoms with Crippen LogP contribution in [0.25, 0.3) is 11.1 Å². The summed E-state index contributed by atoms with van der Waals surface area (Å²) in [4.78, 5) is 24.9. The van der Waals surface area contributed by atoms with Crippen molar-refractivity contribution in [2.75, 3.05) is 6.61 Å². The molecule has 1 fully saturated rings. The average molecular weight is 470 g/mol. The molecule has 1 aliphatic rings. The second-order valence-corrected chi connectivity index (χ2v) is 10.2. The lowest BCUT2D eigenvalue weighted by atomic mass is 9.89. The van der Waals surface area contributed by atoms with E-state index >= 15 is 4.39 Å². The molecule has 1 aliphatic carbocycles. The zero-order valence-electron chi connectivity index (χ0n) is 21.3. The molecule has 1 N–H and O–H groups in total. The summed E-state index contributed by atoms with van der Waals surface area (Å²) in [6.07, 6.45) is 1.53. The molecule has 2 aromatic rings. The van der Waals surface area contributed by atoms with E-state index in [0.29, 0.717) is 11.5 Å².